The second-order valence-electron chi connectivity index (χ2n) is 2.31. The van der Waals surface area contributed by atoms with E-state index in [4.69, 9.17) is 0 Å². The molecule has 1 heteroatoms. The molecule has 10 heavy (non-hydrogen) atoms. The van der Waals surface area contributed by atoms with Crippen LogP contribution in [0.25, 0.3) is 0 Å². The summed E-state index contributed by atoms with van der Waals surface area (Å²) in [6, 6.07) is 0. The molecule has 0 saturated heterocycles. The van der Waals surface area contributed by atoms with Crippen LogP contribution < -0.4 is 0 Å². The van der Waals surface area contributed by atoms with Gasteiger partial charge in [0.25, 0.3) is 0 Å². The van der Waals surface area contributed by atoms with E-state index in [1.165, 1.54) is 10.0 Å². The van der Waals surface area contributed by atoms with Gasteiger partial charge in [-0.05, 0) is 0 Å². The second kappa shape index (κ2) is 4.01. The summed E-state index contributed by atoms with van der Waals surface area (Å²) in [7, 11) is 0. The van der Waals surface area contributed by atoms with Crippen molar-refractivity contribution < 1.29 is 0 Å². The van der Waals surface area contributed by atoms with Gasteiger partial charge in [-0.3, -0.25) is 0 Å². The van der Waals surface area contributed by atoms with Gasteiger partial charge in [0, 0.05) is 0 Å². The molecular formula is C9H12Te. The molecule has 0 spiro atoms. The van der Waals surface area contributed by atoms with Crippen molar-refractivity contribution in [3.63, 3.8) is 0 Å². The van der Waals surface area contributed by atoms with Crippen LogP contribution in [0.1, 0.15) is 13.3 Å². The van der Waals surface area contributed by atoms with Crippen molar-refractivity contribution in [2.45, 2.75) is 17.8 Å². The summed E-state index contributed by atoms with van der Waals surface area (Å²) in [5.74, 6) is 0. The van der Waals surface area contributed by atoms with Crippen LogP contribution in [0.2, 0.25) is 4.47 Å². The zero-order valence-corrected chi connectivity index (χ0v) is 8.59. The maximum absolute atomic E-state index is 3.75. The summed E-state index contributed by atoms with van der Waals surface area (Å²) in [6.45, 7) is 5.96. The Morgan fingerprint density at radius 3 is 3.20 bits per heavy atom. The van der Waals surface area contributed by atoms with Crippen LogP contribution in [0.15, 0.2) is 34.0 Å². The first-order valence-electron chi connectivity index (χ1n) is 3.44. The van der Waals surface area contributed by atoms with E-state index in [-0.39, 0.29) is 20.9 Å². The van der Waals surface area contributed by atoms with Crippen molar-refractivity contribution in [1.82, 2.24) is 0 Å². The standard InChI is InChI=1S/C9H12Te/c1-3-5-9-8(2)6-4-7-10-9/h3-4,6H,1,5,7H2,2H3. The molecule has 0 unspecified atom stereocenters. The number of hydrogen-bond donors (Lipinski definition) is 0. The molecule has 1 aliphatic heterocycles. The molecule has 0 N–H and O–H groups in total. The van der Waals surface area contributed by atoms with E-state index >= 15 is 0 Å². The molecule has 54 valence electrons. The van der Waals surface area contributed by atoms with Gasteiger partial charge in [0.1, 0.15) is 0 Å². The first kappa shape index (κ1) is 8.11. The van der Waals surface area contributed by atoms with E-state index < -0.39 is 0 Å². The normalized spacial score (nSPS) is 17.7. The fourth-order valence-electron chi connectivity index (χ4n) is 0.931. The Morgan fingerprint density at radius 1 is 1.80 bits per heavy atom. The van der Waals surface area contributed by atoms with E-state index in [9.17, 15) is 0 Å². The molecule has 0 fully saturated rings. The Bertz CT molecular complexity index is 187. The average molecular weight is 248 g/mol. The van der Waals surface area contributed by atoms with Crippen LogP contribution in [-0.4, -0.2) is 20.9 Å². The molecule has 0 saturated carbocycles. The van der Waals surface area contributed by atoms with E-state index in [1.54, 1.807) is 3.62 Å². The van der Waals surface area contributed by atoms with Gasteiger partial charge >= 0.3 is 72.7 Å². The van der Waals surface area contributed by atoms with Crippen molar-refractivity contribution in [1.29, 1.82) is 0 Å². The van der Waals surface area contributed by atoms with Gasteiger partial charge in [-0.1, -0.05) is 0 Å². The molecular weight excluding hydrogens is 236 g/mol. The van der Waals surface area contributed by atoms with Gasteiger partial charge < -0.3 is 0 Å². The van der Waals surface area contributed by atoms with E-state index in [0.717, 1.165) is 6.42 Å². The Hall–Kier alpha value is 0.00961. The van der Waals surface area contributed by atoms with Gasteiger partial charge in [0.2, 0.25) is 0 Å². The molecule has 0 aliphatic carbocycles. The minimum atomic E-state index is 0.159. The van der Waals surface area contributed by atoms with Crippen molar-refractivity contribution in [2.24, 2.45) is 0 Å². The summed E-state index contributed by atoms with van der Waals surface area (Å²) >= 11 is 0.159. The van der Waals surface area contributed by atoms with Crippen molar-refractivity contribution >= 4 is 20.9 Å². The molecule has 1 aliphatic rings. The van der Waals surface area contributed by atoms with Gasteiger partial charge in [0.05, 0.1) is 0 Å². The predicted octanol–water partition coefficient (Wildman–Crippen LogP) is 2.53. The average Bonchev–Trinajstić information content (AvgIpc) is 1.94. The Morgan fingerprint density at radius 2 is 2.60 bits per heavy atom. The van der Waals surface area contributed by atoms with Crippen LogP contribution in [0.5, 0.6) is 0 Å². The summed E-state index contributed by atoms with van der Waals surface area (Å²) in [6.07, 6.45) is 7.68. The quantitative estimate of drug-likeness (QED) is 0.520. The first-order valence-corrected chi connectivity index (χ1v) is 6.26. The van der Waals surface area contributed by atoms with Crippen LogP contribution in [0, 0.1) is 0 Å². The van der Waals surface area contributed by atoms with Crippen molar-refractivity contribution in [3.05, 3.63) is 34.0 Å². The molecule has 0 aromatic rings. The fraction of sp³-hybridized carbons (Fsp3) is 0.333. The zero-order chi connectivity index (χ0) is 7.40. The molecule has 0 atom stereocenters. The Balaban J connectivity index is 2.68. The Labute approximate surface area is 72.8 Å². The minimum absolute atomic E-state index is 0.159. The summed E-state index contributed by atoms with van der Waals surface area (Å²) < 4.78 is 3.02. The molecule has 1 rings (SSSR count). The van der Waals surface area contributed by atoms with Gasteiger partial charge in [-0.25, -0.2) is 0 Å². The number of rotatable bonds is 2. The van der Waals surface area contributed by atoms with Crippen LogP contribution in [-0.2, 0) is 0 Å². The zero-order valence-electron chi connectivity index (χ0n) is 6.26. The fourth-order valence-corrected chi connectivity index (χ4v) is 3.57. The number of allylic oxidation sites excluding steroid dienone is 5. The third-order valence-corrected chi connectivity index (χ3v) is 4.91. The predicted molar refractivity (Wildman–Crippen MR) is 47.2 cm³/mol. The number of hydrogen-bond acceptors (Lipinski definition) is 0. The summed E-state index contributed by atoms with van der Waals surface area (Å²) in [5, 5.41) is 0. The second-order valence-corrected chi connectivity index (χ2v) is 5.49. The first-order chi connectivity index (χ1) is 4.84. The van der Waals surface area contributed by atoms with E-state index in [2.05, 4.69) is 25.7 Å². The molecule has 0 bridgehead atoms. The topological polar surface area (TPSA) is 0 Å². The Kier molecular flexibility index (Phi) is 3.25. The SMILES string of the molecule is C=CCC1=C(C)C=CC[Te]1. The van der Waals surface area contributed by atoms with Gasteiger partial charge in [0.15, 0.2) is 0 Å². The van der Waals surface area contributed by atoms with Crippen LogP contribution in [0.3, 0.4) is 0 Å². The summed E-state index contributed by atoms with van der Waals surface area (Å²) in [4.78, 5) is 0. The third-order valence-electron chi connectivity index (χ3n) is 1.49. The van der Waals surface area contributed by atoms with Gasteiger partial charge in [-0.15, -0.1) is 0 Å². The van der Waals surface area contributed by atoms with Gasteiger partial charge in [-0.2, -0.15) is 0 Å². The molecule has 1 heterocycles. The molecule has 0 aromatic heterocycles. The molecule has 0 amide bonds. The monoisotopic (exact) mass is 250 g/mol. The molecule has 0 aromatic carbocycles. The van der Waals surface area contributed by atoms with E-state index in [0.29, 0.717) is 0 Å². The van der Waals surface area contributed by atoms with Crippen molar-refractivity contribution in [2.75, 3.05) is 0 Å². The van der Waals surface area contributed by atoms with Crippen LogP contribution in [0.4, 0.5) is 0 Å². The van der Waals surface area contributed by atoms with E-state index in [1.807, 2.05) is 6.08 Å². The molecule has 0 radical (unpaired) electrons. The van der Waals surface area contributed by atoms with Crippen molar-refractivity contribution in [3.8, 4) is 0 Å². The molecule has 0 nitrogen and oxygen atoms in total. The van der Waals surface area contributed by atoms with Crippen LogP contribution >= 0.6 is 0 Å². The maximum atomic E-state index is 3.75. The third kappa shape index (κ3) is 2.01. The summed E-state index contributed by atoms with van der Waals surface area (Å²) in [5.41, 5.74) is 1.49.